The summed E-state index contributed by atoms with van der Waals surface area (Å²) in [7, 11) is -2.34. The Morgan fingerprint density at radius 2 is 1.93 bits per heavy atom. The van der Waals surface area contributed by atoms with E-state index in [4.69, 9.17) is 4.74 Å². The summed E-state index contributed by atoms with van der Waals surface area (Å²) in [6, 6.07) is 12.6. The highest BCUT2D eigenvalue weighted by Crippen LogP contribution is 2.26. The van der Waals surface area contributed by atoms with Gasteiger partial charge in [0.1, 0.15) is 11.6 Å². The van der Waals surface area contributed by atoms with Crippen molar-refractivity contribution in [3.05, 3.63) is 72.3 Å². The van der Waals surface area contributed by atoms with Crippen LogP contribution in [0.2, 0.25) is 0 Å². The second kappa shape index (κ2) is 8.19. The van der Waals surface area contributed by atoms with E-state index in [9.17, 15) is 13.2 Å². The molecule has 1 unspecified atom stereocenters. The van der Waals surface area contributed by atoms with Crippen molar-refractivity contribution in [1.82, 2.24) is 14.9 Å². The summed E-state index contributed by atoms with van der Waals surface area (Å²) in [4.78, 5) is 16.9. The lowest BCUT2D eigenvalue weighted by Crippen LogP contribution is -2.40. The molecule has 0 radical (unpaired) electrons. The van der Waals surface area contributed by atoms with Crippen LogP contribution in [0.1, 0.15) is 22.6 Å². The molecule has 1 aliphatic rings. The lowest BCUT2D eigenvalue weighted by atomic mass is 10.1. The van der Waals surface area contributed by atoms with E-state index in [1.807, 2.05) is 6.20 Å². The number of hydrogen-bond acceptors (Lipinski definition) is 5. The van der Waals surface area contributed by atoms with Gasteiger partial charge in [0.15, 0.2) is 0 Å². The molecule has 3 aromatic rings. The molecule has 1 aliphatic heterocycles. The van der Waals surface area contributed by atoms with Crippen molar-refractivity contribution < 1.29 is 17.9 Å². The molecule has 2 N–H and O–H groups in total. The van der Waals surface area contributed by atoms with Crippen LogP contribution in [0.4, 0.5) is 5.69 Å². The lowest BCUT2D eigenvalue weighted by Gasteiger charge is -2.24. The Morgan fingerprint density at radius 1 is 1.17 bits per heavy atom. The van der Waals surface area contributed by atoms with Crippen molar-refractivity contribution in [3.63, 3.8) is 0 Å². The maximum atomic E-state index is 12.7. The van der Waals surface area contributed by atoms with E-state index in [2.05, 4.69) is 19.6 Å². The number of aryl methyl sites for hydroxylation is 1. The monoisotopic (exact) mass is 426 g/mol. The summed E-state index contributed by atoms with van der Waals surface area (Å²) in [6.45, 7) is 0.812. The Labute approximate surface area is 175 Å². The second-order valence-corrected chi connectivity index (χ2v) is 8.71. The molecule has 9 heteroatoms. The van der Waals surface area contributed by atoms with Gasteiger partial charge in [-0.3, -0.25) is 9.52 Å². The van der Waals surface area contributed by atoms with Gasteiger partial charge in [0, 0.05) is 37.0 Å². The number of hydrogen-bond donors (Lipinski definition) is 2. The van der Waals surface area contributed by atoms with E-state index in [1.54, 1.807) is 30.5 Å². The highest BCUT2D eigenvalue weighted by molar-refractivity contribution is 7.92. The van der Waals surface area contributed by atoms with E-state index < -0.39 is 10.0 Å². The van der Waals surface area contributed by atoms with Gasteiger partial charge >= 0.3 is 0 Å². The Balaban J connectivity index is 1.44. The number of amides is 1. The molecule has 1 amide bonds. The van der Waals surface area contributed by atoms with Crippen molar-refractivity contribution in [1.29, 1.82) is 0 Å². The smallest absolute Gasteiger partial charge is 0.262 e. The number of anilines is 1. The normalized spacial score (nSPS) is 15.8. The summed E-state index contributed by atoms with van der Waals surface area (Å²) in [5.41, 5.74) is 0.748. The number of methoxy groups -OCH3 is 1. The largest absolute Gasteiger partial charge is 0.495 e. The van der Waals surface area contributed by atoms with Gasteiger partial charge < -0.3 is 14.6 Å². The van der Waals surface area contributed by atoms with Crippen molar-refractivity contribution in [2.75, 3.05) is 11.8 Å². The minimum absolute atomic E-state index is 0.00280. The van der Waals surface area contributed by atoms with Crippen LogP contribution in [0.5, 0.6) is 5.75 Å². The molecular formula is C21H22N4O4S. The fourth-order valence-corrected chi connectivity index (χ4v) is 4.53. The van der Waals surface area contributed by atoms with Crippen molar-refractivity contribution in [2.24, 2.45) is 0 Å². The fraction of sp³-hybridized carbons (Fsp3) is 0.238. The number of para-hydroxylation sites is 2. The summed E-state index contributed by atoms with van der Waals surface area (Å²) < 4.78 is 35.1. The molecule has 0 fully saturated rings. The Hall–Kier alpha value is -3.33. The molecule has 30 heavy (non-hydrogen) atoms. The van der Waals surface area contributed by atoms with E-state index in [-0.39, 0.29) is 16.8 Å². The Bertz CT molecular complexity index is 1160. The quantitative estimate of drug-likeness (QED) is 0.630. The van der Waals surface area contributed by atoms with Gasteiger partial charge in [-0.2, -0.15) is 0 Å². The number of sulfonamides is 1. The molecule has 1 atom stereocenters. The average molecular weight is 426 g/mol. The van der Waals surface area contributed by atoms with Gasteiger partial charge in [-0.05, 0) is 42.8 Å². The molecule has 0 saturated carbocycles. The van der Waals surface area contributed by atoms with Crippen LogP contribution < -0.4 is 14.8 Å². The van der Waals surface area contributed by atoms with E-state index >= 15 is 0 Å². The first-order chi connectivity index (χ1) is 14.5. The van der Waals surface area contributed by atoms with Gasteiger partial charge in [0.25, 0.3) is 15.9 Å². The minimum Gasteiger partial charge on any atom is -0.495 e. The number of carbonyl (C=O) groups excluding carboxylic acids is 1. The van der Waals surface area contributed by atoms with E-state index in [0.717, 1.165) is 18.8 Å². The van der Waals surface area contributed by atoms with Crippen molar-refractivity contribution >= 4 is 21.6 Å². The third-order valence-corrected chi connectivity index (χ3v) is 6.44. The average Bonchev–Trinajstić information content (AvgIpc) is 3.22. The molecule has 0 saturated heterocycles. The van der Waals surface area contributed by atoms with Gasteiger partial charge in [0.2, 0.25) is 0 Å². The first-order valence-corrected chi connectivity index (χ1v) is 11.0. The molecular weight excluding hydrogens is 404 g/mol. The maximum Gasteiger partial charge on any atom is 0.262 e. The first-order valence-electron chi connectivity index (χ1n) is 9.53. The van der Waals surface area contributed by atoms with Gasteiger partial charge in [-0.15, -0.1) is 0 Å². The molecule has 0 bridgehead atoms. The summed E-state index contributed by atoms with van der Waals surface area (Å²) in [5.74, 6) is 1.14. The second-order valence-electron chi connectivity index (χ2n) is 7.03. The van der Waals surface area contributed by atoms with Gasteiger partial charge in [0.05, 0.1) is 17.7 Å². The number of benzene rings is 2. The fourth-order valence-electron chi connectivity index (χ4n) is 3.46. The van der Waals surface area contributed by atoms with Crippen LogP contribution in [0, 0.1) is 0 Å². The number of imidazole rings is 1. The highest BCUT2D eigenvalue weighted by atomic mass is 32.2. The molecule has 8 nitrogen and oxygen atoms in total. The van der Waals surface area contributed by atoms with Crippen molar-refractivity contribution in [3.8, 4) is 5.75 Å². The summed E-state index contributed by atoms with van der Waals surface area (Å²) >= 11 is 0. The van der Waals surface area contributed by atoms with Crippen LogP contribution >= 0.6 is 0 Å². The molecule has 156 valence electrons. The number of fused-ring (bicyclic) bond motifs is 1. The molecule has 0 spiro atoms. The van der Waals surface area contributed by atoms with Crippen LogP contribution in [-0.4, -0.2) is 37.0 Å². The number of rotatable bonds is 6. The zero-order valence-electron chi connectivity index (χ0n) is 16.4. The molecule has 4 rings (SSSR count). The number of nitrogens with zero attached hydrogens (tertiary/aromatic N) is 2. The van der Waals surface area contributed by atoms with Gasteiger partial charge in [-0.25, -0.2) is 13.4 Å². The number of nitrogens with one attached hydrogen (secondary N) is 2. The number of carbonyl (C=O) groups is 1. The number of ether oxygens (including phenoxy) is 1. The van der Waals surface area contributed by atoms with Crippen LogP contribution in [-0.2, 0) is 23.0 Å². The molecule has 1 aromatic heterocycles. The maximum absolute atomic E-state index is 12.7. The molecule has 2 aromatic carbocycles. The topological polar surface area (TPSA) is 102 Å². The molecule has 0 aliphatic carbocycles. The standard InChI is InChI=1S/C21H22N4O4S/c1-29-19-5-3-2-4-18(19)24-30(27,28)17-8-6-15(7-9-17)21(26)23-16-10-12-25-13-11-22-20(25)14-16/h2-9,11,13,16,24H,10,12,14H2,1H3,(H,23,26). The molecule has 2 heterocycles. The summed E-state index contributed by atoms with van der Waals surface area (Å²) in [5, 5.41) is 3.01. The minimum atomic E-state index is -3.82. The van der Waals surface area contributed by atoms with Gasteiger partial charge in [-0.1, -0.05) is 12.1 Å². The first kappa shape index (κ1) is 20.0. The highest BCUT2D eigenvalue weighted by Gasteiger charge is 2.22. The van der Waals surface area contributed by atoms with E-state index in [0.29, 0.717) is 23.4 Å². The number of aromatic nitrogens is 2. The predicted octanol–water partition coefficient (Wildman–Crippen LogP) is 2.44. The summed E-state index contributed by atoms with van der Waals surface area (Å²) in [6.07, 6.45) is 5.20. The SMILES string of the molecule is COc1ccccc1NS(=O)(=O)c1ccc(C(=O)NC2CCn3ccnc3C2)cc1. The van der Waals surface area contributed by atoms with Crippen LogP contribution in [0.25, 0.3) is 0 Å². The zero-order valence-corrected chi connectivity index (χ0v) is 17.2. The third-order valence-electron chi connectivity index (χ3n) is 5.06. The zero-order chi connectivity index (χ0) is 21.1. The Morgan fingerprint density at radius 3 is 2.70 bits per heavy atom. The Kier molecular flexibility index (Phi) is 5.45. The van der Waals surface area contributed by atoms with Crippen molar-refractivity contribution in [2.45, 2.75) is 30.3 Å². The van der Waals surface area contributed by atoms with Crippen LogP contribution in [0.15, 0.2) is 65.8 Å². The lowest BCUT2D eigenvalue weighted by molar-refractivity contribution is 0.0930. The predicted molar refractivity (Wildman–Crippen MR) is 112 cm³/mol. The third kappa shape index (κ3) is 4.16. The van der Waals surface area contributed by atoms with E-state index in [1.165, 1.54) is 31.4 Å². The van der Waals surface area contributed by atoms with Crippen LogP contribution in [0.3, 0.4) is 0 Å².